The Morgan fingerprint density at radius 1 is 0.905 bits per heavy atom. The first-order valence-electron chi connectivity index (χ1n) is 8.19. The summed E-state index contributed by atoms with van der Waals surface area (Å²) in [6, 6.07) is 0. The number of hydrogen-bond donors (Lipinski definition) is 2. The van der Waals surface area contributed by atoms with Crippen LogP contribution in [-0.4, -0.2) is 62.1 Å². The molecular weight excluding hydrogens is 272 g/mol. The van der Waals surface area contributed by atoms with Gasteiger partial charge in [0.05, 0.1) is 38.6 Å². The second-order valence-corrected chi connectivity index (χ2v) is 6.55. The molecule has 2 N–H and O–H groups in total. The van der Waals surface area contributed by atoms with Crippen molar-refractivity contribution in [3.05, 3.63) is 0 Å². The van der Waals surface area contributed by atoms with Crippen molar-refractivity contribution in [2.75, 3.05) is 39.6 Å². The van der Waals surface area contributed by atoms with Crippen LogP contribution in [0.25, 0.3) is 0 Å². The molecular formula is C16H30O5. The van der Waals surface area contributed by atoms with E-state index in [1.54, 1.807) is 0 Å². The third-order valence-corrected chi connectivity index (χ3v) is 5.48. The van der Waals surface area contributed by atoms with Gasteiger partial charge in [0.1, 0.15) is 0 Å². The van der Waals surface area contributed by atoms with Gasteiger partial charge in [0, 0.05) is 24.0 Å². The Hall–Kier alpha value is -0.200. The lowest BCUT2D eigenvalue weighted by Gasteiger charge is -2.51. The maximum absolute atomic E-state index is 9.10. The summed E-state index contributed by atoms with van der Waals surface area (Å²) in [4.78, 5) is 0. The summed E-state index contributed by atoms with van der Waals surface area (Å²) in [5.74, 6) is 0. The number of aliphatic hydroxyl groups is 2. The Balaban J connectivity index is 1.82. The molecule has 2 aliphatic heterocycles. The highest BCUT2D eigenvalue weighted by Gasteiger charge is 2.49. The van der Waals surface area contributed by atoms with Crippen LogP contribution >= 0.6 is 0 Å². The van der Waals surface area contributed by atoms with Gasteiger partial charge < -0.3 is 24.4 Å². The summed E-state index contributed by atoms with van der Waals surface area (Å²) in [5, 5.41) is 18.2. The summed E-state index contributed by atoms with van der Waals surface area (Å²) in [6.07, 6.45) is 3.63. The molecule has 2 saturated heterocycles. The minimum absolute atomic E-state index is 0.0642. The molecule has 0 aromatic carbocycles. The molecule has 0 radical (unpaired) electrons. The average Bonchev–Trinajstić information content (AvgIpc) is 2.48. The van der Waals surface area contributed by atoms with E-state index in [4.69, 9.17) is 24.4 Å². The van der Waals surface area contributed by atoms with Gasteiger partial charge in [-0.25, -0.2) is 0 Å². The molecule has 0 amide bonds. The van der Waals surface area contributed by atoms with Crippen molar-refractivity contribution >= 4 is 0 Å². The molecule has 0 saturated carbocycles. The Morgan fingerprint density at radius 3 is 1.57 bits per heavy atom. The highest BCUT2D eigenvalue weighted by molar-refractivity contribution is 4.96. The standard InChI is InChI=1S/C16H30O5/c1-3-15(11-20-13(15)5-7-17)9-19-10-16(4-2)12-21-14(16)6-8-18/h13-14,17-18H,3-12H2,1-2H3. The summed E-state index contributed by atoms with van der Waals surface area (Å²) in [5.41, 5.74) is 0.128. The van der Waals surface area contributed by atoms with Gasteiger partial charge in [-0.15, -0.1) is 0 Å². The van der Waals surface area contributed by atoms with Crippen LogP contribution in [0, 0.1) is 10.8 Å². The minimum atomic E-state index is 0.0642. The number of rotatable bonds is 10. The van der Waals surface area contributed by atoms with Crippen molar-refractivity contribution in [3.8, 4) is 0 Å². The first-order valence-corrected chi connectivity index (χ1v) is 8.19. The molecule has 2 fully saturated rings. The molecule has 5 heteroatoms. The lowest BCUT2D eigenvalue weighted by atomic mass is 9.74. The molecule has 2 rings (SSSR count). The molecule has 0 spiro atoms. The van der Waals surface area contributed by atoms with E-state index in [0.717, 1.165) is 26.1 Å². The van der Waals surface area contributed by atoms with Crippen molar-refractivity contribution in [2.24, 2.45) is 10.8 Å². The zero-order chi connectivity index (χ0) is 15.3. The van der Waals surface area contributed by atoms with E-state index in [0.29, 0.717) is 26.1 Å². The van der Waals surface area contributed by atoms with Crippen molar-refractivity contribution in [1.82, 2.24) is 0 Å². The van der Waals surface area contributed by atoms with E-state index in [-0.39, 0.29) is 36.3 Å². The van der Waals surface area contributed by atoms with Gasteiger partial charge in [-0.3, -0.25) is 0 Å². The third kappa shape index (κ3) is 3.27. The van der Waals surface area contributed by atoms with E-state index < -0.39 is 0 Å². The summed E-state index contributed by atoms with van der Waals surface area (Å²) in [6.45, 7) is 7.46. The van der Waals surface area contributed by atoms with Crippen LogP contribution < -0.4 is 0 Å². The fraction of sp³-hybridized carbons (Fsp3) is 1.00. The number of hydrogen-bond acceptors (Lipinski definition) is 5. The monoisotopic (exact) mass is 302 g/mol. The molecule has 2 aliphatic rings. The highest BCUT2D eigenvalue weighted by atomic mass is 16.5. The van der Waals surface area contributed by atoms with Crippen LogP contribution in [-0.2, 0) is 14.2 Å². The van der Waals surface area contributed by atoms with Crippen LogP contribution in [0.4, 0.5) is 0 Å². The Labute approximate surface area is 127 Å². The smallest absolute Gasteiger partial charge is 0.0697 e. The van der Waals surface area contributed by atoms with Crippen molar-refractivity contribution in [2.45, 2.75) is 51.7 Å². The molecule has 124 valence electrons. The van der Waals surface area contributed by atoms with E-state index >= 15 is 0 Å². The topological polar surface area (TPSA) is 68.2 Å². The first-order chi connectivity index (χ1) is 10.2. The summed E-state index contributed by atoms with van der Waals surface area (Å²) in [7, 11) is 0. The van der Waals surface area contributed by atoms with Crippen LogP contribution in [0.5, 0.6) is 0 Å². The maximum Gasteiger partial charge on any atom is 0.0697 e. The van der Waals surface area contributed by atoms with E-state index in [2.05, 4.69) is 13.8 Å². The predicted molar refractivity (Wildman–Crippen MR) is 79.2 cm³/mol. The molecule has 21 heavy (non-hydrogen) atoms. The minimum Gasteiger partial charge on any atom is -0.396 e. The molecule has 0 aliphatic carbocycles. The molecule has 5 nitrogen and oxygen atoms in total. The van der Waals surface area contributed by atoms with Crippen LogP contribution in [0.15, 0.2) is 0 Å². The van der Waals surface area contributed by atoms with Crippen molar-refractivity contribution in [3.63, 3.8) is 0 Å². The first kappa shape index (κ1) is 17.2. The Morgan fingerprint density at radius 2 is 1.33 bits per heavy atom. The van der Waals surface area contributed by atoms with Gasteiger partial charge in [0.25, 0.3) is 0 Å². The van der Waals surface area contributed by atoms with Gasteiger partial charge in [-0.1, -0.05) is 13.8 Å². The molecule has 0 aromatic rings. The average molecular weight is 302 g/mol. The number of aliphatic hydroxyl groups excluding tert-OH is 2. The second-order valence-electron chi connectivity index (χ2n) is 6.55. The van der Waals surface area contributed by atoms with E-state index in [1.165, 1.54) is 0 Å². The van der Waals surface area contributed by atoms with Gasteiger partial charge >= 0.3 is 0 Å². The Bertz CT molecular complexity index is 286. The van der Waals surface area contributed by atoms with Gasteiger partial charge in [-0.2, -0.15) is 0 Å². The lowest BCUT2D eigenvalue weighted by Crippen LogP contribution is -2.57. The fourth-order valence-corrected chi connectivity index (χ4v) is 3.48. The summed E-state index contributed by atoms with van der Waals surface area (Å²) < 4.78 is 17.2. The van der Waals surface area contributed by atoms with Gasteiger partial charge in [0.15, 0.2) is 0 Å². The van der Waals surface area contributed by atoms with Crippen molar-refractivity contribution < 1.29 is 24.4 Å². The normalized spacial score (nSPS) is 38.9. The third-order valence-electron chi connectivity index (χ3n) is 5.48. The molecule has 4 unspecified atom stereocenters. The molecule has 0 aromatic heterocycles. The van der Waals surface area contributed by atoms with Crippen LogP contribution in [0.3, 0.4) is 0 Å². The zero-order valence-corrected chi connectivity index (χ0v) is 13.3. The maximum atomic E-state index is 9.10. The quantitative estimate of drug-likeness (QED) is 0.638. The van der Waals surface area contributed by atoms with Crippen molar-refractivity contribution in [1.29, 1.82) is 0 Å². The number of ether oxygens (including phenoxy) is 3. The lowest BCUT2D eigenvalue weighted by molar-refractivity contribution is -0.248. The van der Waals surface area contributed by atoms with Gasteiger partial charge in [0.2, 0.25) is 0 Å². The van der Waals surface area contributed by atoms with E-state index in [9.17, 15) is 0 Å². The predicted octanol–water partition coefficient (Wildman–Crippen LogP) is 1.36. The molecule has 2 heterocycles. The fourth-order valence-electron chi connectivity index (χ4n) is 3.48. The SMILES string of the molecule is CCC1(COCC2(CC)COC2CCO)COC1CCO. The van der Waals surface area contributed by atoms with Gasteiger partial charge in [-0.05, 0) is 25.7 Å². The largest absolute Gasteiger partial charge is 0.396 e. The highest BCUT2D eigenvalue weighted by Crippen LogP contribution is 2.43. The molecule has 4 atom stereocenters. The second kappa shape index (κ2) is 7.38. The zero-order valence-electron chi connectivity index (χ0n) is 13.3. The Kier molecular flexibility index (Phi) is 6.03. The summed E-state index contributed by atoms with van der Waals surface area (Å²) >= 11 is 0. The molecule has 0 bridgehead atoms. The van der Waals surface area contributed by atoms with E-state index in [1.807, 2.05) is 0 Å². The van der Waals surface area contributed by atoms with Crippen LogP contribution in [0.2, 0.25) is 0 Å². The van der Waals surface area contributed by atoms with Crippen LogP contribution in [0.1, 0.15) is 39.5 Å².